The molecular formula is C12H13Cl2NO3. The van der Waals surface area contributed by atoms with Gasteiger partial charge in [-0.1, -0.05) is 23.2 Å². The highest BCUT2D eigenvalue weighted by atomic mass is 35.5. The van der Waals surface area contributed by atoms with Crippen molar-refractivity contribution in [2.45, 2.75) is 6.10 Å². The molecule has 1 unspecified atom stereocenters. The molecule has 2 rings (SSSR count). The van der Waals surface area contributed by atoms with Gasteiger partial charge in [0.2, 0.25) is 0 Å². The first-order valence-electron chi connectivity index (χ1n) is 5.58. The molecule has 0 aromatic heterocycles. The summed E-state index contributed by atoms with van der Waals surface area (Å²) in [5.74, 6) is -0.152. The first-order valence-corrected chi connectivity index (χ1v) is 6.33. The zero-order chi connectivity index (χ0) is 13.1. The second kappa shape index (κ2) is 5.89. The van der Waals surface area contributed by atoms with Crippen LogP contribution >= 0.6 is 23.2 Å². The summed E-state index contributed by atoms with van der Waals surface area (Å²) in [6, 6.07) is 4.74. The van der Waals surface area contributed by atoms with E-state index in [0.29, 0.717) is 35.3 Å². The molecule has 1 aliphatic rings. The Morgan fingerprint density at radius 3 is 2.67 bits per heavy atom. The Balaban J connectivity index is 2.15. The van der Waals surface area contributed by atoms with Crippen LogP contribution < -0.4 is 0 Å². The molecule has 1 fully saturated rings. The van der Waals surface area contributed by atoms with Crippen molar-refractivity contribution in [1.82, 2.24) is 4.90 Å². The maximum absolute atomic E-state index is 12.2. The second-order valence-corrected chi connectivity index (χ2v) is 4.96. The van der Waals surface area contributed by atoms with Crippen molar-refractivity contribution in [3.63, 3.8) is 0 Å². The van der Waals surface area contributed by atoms with Gasteiger partial charge in [0.25, 0.3) is 5.91 Å². The molecule has 1 amide bonds. The van der Waals surface area contributed by atoms with E-state index in [1.165, 1.54) is 0 Å². The summed E-state index contributed by atoms with van der Waals surface area (Å²) >= 11 is 11.7. The molecule has 1 heterocycles. The van der Waals surface area contributed by atoms with E-state index in [4.69, 9.17) is 33.0 Å². The van der Waals surface area contributed by atoms with Crippen LogP contribution in [-0.2, 0) is 4.74 Å². The fourth-order valence-electron chi connectivity index (χ4n) is 1.87. The third-order valence-corrected chi connectivity index (χ3v) is 3.18. The number of amides is 1. The van der Waals surface area contributed by atoms with Gasteiger partial charge in [-0.25, -0.2) is 0 Å². The SMILES string of the molecule is O=C(c1cc(Cl)cc(Cl)c1)N1CCOC(CO)C1. The normalized spacial score (nSPS) is 19.9. The molecular weight excluding hydrogens is 277 g/mol. The number of nitrogens with zero attached hydrogens (tertiary/aromatic N) is 1. The average Bonchev–Trinajstić information content (AvgIpc) is 2.37. The summed E-state index contributed by atoms with van der Waals surface area (Å²) in [7, 11) is 0. The summed E-state index contributed by atoms with van der Waals surface area (Å²) in [5.41, 5.74) is 0.450. The van der Waals surface area contributed by atoms with E-state index in [0.717, 1.165) is 0 Å². The Hall–Kier alpha value is -0.810. The second-order valence-electron chi connectivity index (χ2n) is 4.08. The van der Waals surface area contributed by atoms with Crippen molar-refractivity contribution in [2.75, 3.05) is 26.3 Å². The lowest BCUT2D eigenvalue weighted by atomic mass is 10.1. The minimum Gasteiger partial charge on any atom is -0.394 e. The molecule has 0 radical (unpaired) electrons. The highest BCUT2D eigenvalue weighted by Gasteiger charge is 2.24. The number of hydrogen-bond acceptors (Lipinski definition) is 3. The monoisotopic (exact) mass is 289 g/mol. The standard InChI is InChI=1S/C12H13Cl2NO3/c13-9-3-8(4-10(14)5-9)12(17)15-1-2-18-11(6-15)7-16/h3-5,11,16H,1-2,6-7H2. The number of aliphatic hydroxyl groups is 1. The average molecular weight is 290 g/mol. The van der Waals surface area contributed by atoms with Crippen LogP contribution in [0.5, 0.6) is 0 Å². The third-order valence-electron chi connectivity index (χ3n) is 2.74. The van der Waals surface area contributed by atoms with Crippen LogP contribution in [0.1, 0.15) is 10.4 Å². The highest BCUT2D eigenvalue weighted by Crippen LogP contribution is 2.21. The van der Waals surface area contributed by atoms with E-state index in [1.807, 2.05) is 0 Å². The first-order chi connectivity index (χ1) is 8.60. The molecule has 0 saturated carbocycles. The number of hydrogen-bond donors (Lipinski definition) is 1. The largest absolute Gasteiger partial charge is 0.394 e. The van der Waals surface area contributed by atoms with Gasteiger partial charge in [0, 0.05) is 28.7 Å². The van der Waals surface area contributed by atoms with Gasteiger partial charge in [0.05, 0.1) is 19.3 Å². The highest BCUT2D eigenvalue weighted by molar-refractivity contribution is 6.35. The quantitative estimate of drug-likeness (QED) is 0.904. The maximum atomic E-state index is 12.2. The van der Waals surface area contributed by atoms with Gasteiger partial charge < -0.3 is 14.7 Å². The summed E-state index contributed by atoms with van der Waals surface area (Å²) in [4.78, 5) is 13.9. The van der Waals surface area contributed by atoms with Gasteiger partial charge in [-0.2, -0.15) is 0 Å². The molecule has 1 aromatic rings. The molecule has 4 nitrogen and oxygen atoms in total. The van der Waals surface area contributed by atoms with Crippen molar-refractivity contribution in [3.8, 4) is 0 Å². The van der Waals surface area contributed by atoms with E-state index in [2.05, 4.69) is 0 Å². The van der Waals surface area contributed by atoms with Gasteiger partial charge in [-0.15, -0.1) is 0 Å². The smallest absolute Gasteiger partial charge is 0.254 e. The molecule has 18 heavy (non-hydrogen) atoms. The molecule has 0 spiro atoms. The molecule has 0 bridgehead atoms. The lowest BCUT2D eigenvalue weighted by Crippen LogP contribution is -2.46. The lowest BCUT2D eigenvalue weighted by Gasteiger charge is -2.32. The molecule has 1 atom stereocenters. The zero-order valence-electron chi connectivity index (χ0n) is 9.60. The Bertz CT molecular complexity index is 433. The third kappa shape index (κ3) is 3.14. The van der Waals surface area contributed by atoms with Crippen molar-refractivity contribution in [1.29, 1.82) is 0 Å². The van der Waals surface area contributed by atoms with Crippen molar-refractivity contribution in [2.24, 2.45) is 0 Å². The van der Waals surface area contributed by atoms with Gasteiger partial charge >= 0.3 is 0 Å². The molecule has 98 valence electrons. The maximum Gasteiger partial charge on any atom is 0.254 e. The summed E-state index contributed by atoms with van der Waals surface area (Å²) in [6.07, 6.45) is -0.322. The van der Waals surface area contributed by atoms with Gasteiger partial charge in [-0.05, 0) is 18.2 Å². The van der Waals surface area contributed by atoms with E-state index < -0.39 is 0 Å². The number of halogens is 2. The Labute approximate surface area is 115 Å². The Kier molecular flexibility index (Phi) is 4.45. The van der Waals surface area contributed by atoms with Crippen LogP contribution in [0.25, 0.3) is 0 Å². The number of benzene rings is 1. The Morgan fingerprint density at radius 1 is 1.39 bits per heavy atom. The van der Waals surface area contributed by atoms with Crippen LogP contribution in [0, 0.1) is 0 Å². The van der Waals surface area contributed by atoms with E-state index in [-0.39, 0.29) is 18.6 Å². The Morgan fingerprint density at radius 2 is 2.06 bits per heavy atom. The molecule has 1 aromatic carbocycles. The van der Waals surface area contributed by atoms with Crippen LogP contribution in [0.2, 0.25) is 10.0 Å². The summed E-state index contributed by atoms with van der Waals surface area (Å²) in [5, 5.41) is 9.90. The van der Waals surface area contributed by atoms with Crippen molar-refractivity contribution in [3.05, 3.63) is 33.8 Å². The lowest BCUT2D eigenvalue weighted by molar-refractivity contribution is -0.0447. The predicted octanol–water partition coefficient (Wildman–Crippen LogP) is 1.83. The van der Waals surface area contributed by atoms with E-state index in [1.54, 1.807) is 23.1 Å². The van der Waals surface area contributed by atoms with Crippen molar-refractivity contribution >= 4 is 29.1 Å². The molecule has 1 aliphatic heterocycles. The summed E-state index contributed by atoms with van der Waals surface area (Å²) < 4.78 is 5.29. The van der Waals surface area contributed by atoms with Gasteiger partial charge in [0.15, 0.2) is 0 Å². The molecule has 1 saturated heterocycles. The number of morpholine rings is 1. The zero-order valence-corrected chi connectivity index (χ0v) is 11.1. The minimum absolute atomic E-state index is 0.0971. The number of carbonyl (C=O) groups is 1. The molecule has 6 heteroatoms. The number of carbonyl (C=O) groups excluding carboxylic acids is 1. The number of ether oxygens (including phenoxy) is 1. The topological polar surface area (TPSA) is 49.8 Å². The van der Waals surface area contributed by atoms with Crippen LogP contribution in [0.4, 0.5) is 0 Å². The van der Waals surface area contributed by atoms with Crippen LogP contribution in [-0.4, -0.2) is 48.3 Å². The fourth-order valence-corrected chi connectivity index (χ4v) is 2.40. The van der Waals surface area contributed by atoms with Gasteiger partial charge in [0.1, 0.15) is 0 Å². The minimum atomic E-state index is -0.322. The van der Waals surface area contributed by atoms with Gasteiger partial charge in [-0.3, -0.25) is 4.79 Å². The number of aliphatic hydroxyl groups excluding tert-OH is 1. The van der Waals surface area contributed by atoms with Crippen LogP contribution in [0.15, 0.2) is 18.2 Å². The van der Waals surface area contributed by atoms with E-state index >= 15 is 0 Å². The first kappa shape index (κ1) is 13.6. The van der Waals surface area contributed by atoms with E-state index in [9.17, 15) is 4.79 Å². The fraction of sp³-hybridized carbons (Fsp3) is 0.417. The number of rotatable bonds is 2. The predicted molar refractivity (Wildman–Crippen MR) is 69.2 cm³/mol. The molecule has 0 aliphatic carbocycles. The van der Waals surface area contributed by atoms with Crippen molar-refractivity contribution < 1.29 is 14.6 Å². The molecule has 1 N–H and O–H groups in total. The summed E-state index contributed by atoms with van der Waals surface area (Å²) in [6.45, 7) is 1.20. The van der Waals surface area contributed by atoms with Crippen LogP contribution in [0.3, 0.4) is 0 Å².